The van der Waals surface area contributed by atoms with Gasteiger partial charge in [0.15, 0.2) is 0 Å². The highest BCUT2D eigenvalue weighted by atomic mass is 16.5. The molecule has 51 heavy (non-hydrogen) atoms. The molecule has 0 saturated carbocycles. The third-order valence-electron chi connectivity index (χ3n) is 10.4. The Morgan fingerprint density at radius 2 is 1.63 bits per heavy atom. The van der Waals surface area contributed by atoms with E-state index >= 15 is 0 Å². The van der Waals surface area contributed by atoms with Crippen molar-refractivity contribution >= 4 is 29.5 Å². The lowest BCUT2D eigenvalue weighted by molar-refractivity contribution is -0.134. The number of ether oxygens (including phenoxy) is 2. The highest BCUT2D eigenvalue weighted by Crippen LogP contribution is 2.33. The second kappa shape index (κ2) is 17.3. The van der Waals surface area contributed by atoms with Gasteiger partial charge >= 0.3 is 0 Å². The van der Waals surface area contributed by atoms with Crippen molar-refractivity contribution in [3.8, 4) is 17.6 Å². The number of rotatable bonds is 14. The van der Waals surface area contributed by atoms with E-state index in [1.807, 2.05) is 36.4 Å². The number of methoxy groups -OCH3 is 1. The zero-order valence-corrected chi connectivity index (χ0v) is 29.4. The molecule has 11 nitrogen and oxygen atoms in total. The fourth-order valence-corrected chi connectivity index (χ4v) is 7.31. The maximum atomic E-state index is 12.1. The summed E-state index contributed by atoms with van der Waals surface area (Å²) in [7, 11) is 1.61. The van der Waals surface area contributed by atoms with Crippen LogP contribution in [0.15, 0.2) is 60.7 Å². The Morgan fingerprint density at radius 1 is 0.902 bits per heavy atom. The Kier molecular flexibility index (Phi) is 12.2. The first-order chi connectivity index (χ1) is 24.9. The Bertz CT molecular complexity index is 1710. The number of carbonyl (C=O) groups is 3. The third kappa shape index (κ3) is 9.25. The van der Waals surface area contributed by atoms with E-state index in [2.05, 4.69) is 55.7 Å². The number of nitriles is 1. The summed E-state index contributed by atoms with van der Waals surface area (Å²) in [4.78, 5) is 42.5. The summed E-state index contributed by atoms with van der Waals surface area (Å²) in [6, 6.07) is 22.1. The maximum Gasteiger partial charge on any atom is 0.243 e. The predicted octanol–water partition coefficient (Wildman–Crippen LogP) is 4.64. The van der Waals surface area contributed by atoms with Gasteiger partial charge in [0.05, 0.1) is 25.3 Å². The second-order valence-corrected chi connectivity index (χ2v) is 13.6. The van der Waals surface area contributed by atoms with Crippen molar-refractivity contribution in [3.63, 3.8) is 0 Å². The number of aldehydes is 1. The second-order valence-electron chi connectivity index (χ2n) is 13.6. The van der Waals surface area contributed by atoms with Gasteiger partial charge in [0.2, 0.25) is 11.8 Å². The Balaban J connectivity index is 0.875. The minimum Gasteiger partial charge on any atom is -0.495 e. The number of piperidine rings is 2. The van der Waals surface area contributed by atoms with E-state index in [1.54, 1.807) is 7.11 Å². The molecule has 0 radical (unpaired) electrons. The van der Waals surface area contributed by atoms with Crippen molar-refractivity contribution in [1.29, 1.82) is 5.26 Å². The van der Waals surface area contributed by atoms with Gasteiger partial charge in [-0.05, 0) is 98.2 Å². The van der Waals surface area contributed by atoms with Gasteiger partial charge in [-0.3, -0.25) is 24.6 Å². The van der Waals surface area contributed by atoms with E-state index < -0.39 is 6.04 Å². The summed E-state index contributed by atoms with van der Waals surface area (Å²) in [6.45, 7) is 7.82. The third-order valence-corrected chi connectivity index (χ3v) is 10.4. The molecule has 11 heteroatoms. The van der Waals surface area contributed by atoms with Gasteiger partial charge in [0.25, 0.3) is 0 Å². The molecule has 268 valence electrons. The van der Waals surface area contributed by atoms with Crippen molar-refractivity contribution in [3.05, 3.63) is 82.9 Å². The molecule has 1 unspecified atom stereocenters. The zero-order valence-electron chi connectivity index (χ0n) is 29.4. The first-order valence-electron chi connectivity index (χ1n) is 18.1. The van der Waals surface area contributed by atoms with Crippen LogP contribution in [0.4, 0.5) is 11.4 Å². The monoisotopic (exact) mass is 692 g/mol. The van der Waals surface area contributed by atoms with Crippen molar-refractivity contribution in [2.45, 2.75) is 57.0 Å². The molecule has 0 aromatic heterocycles. The number of anilines is 2. The summed E-state index contributed by atoms with van der Waals surface area (Å²) < 4.78 is 11.5. The van der Waals surface area contributed by atoms with Crippen molar-refractivity contribution in [2.75, 3.05) is 69.3 Å². The fraction of sp³-hybridized carbons (Fsp3) is 0.450. The lowest BCUT2D eigenvalue weighted by atomic mass is 9.89. The van der Waals surface area contributed by atoms with Crippen molar-refractivity contribution in [2.24, 2.45) is 0 Å². The van der Waals surface area contributed by atoms with E-state index in [4.69, 9.17) is 9.47 Å². The highest BCUT2D eigenvalue weighted by Gasteiger charge is 2.26. The molecule has 2 N–H and O–H groups in total. The molecular weight excluding hydrogens is 644 g/mol. The molecule has 3 saturated heterocycles. The van der Waals surface area contributed by atoms with Crippen LogP contribution in [-0.2, 0) is 16.1 Å². The van der Waals surface area contributed by atoms with Crippen LogP contribution in [0.2, 0.25) is 0 Å². The number of nitrogens with zero attached hydrogens (tertiary/aromatic N) is 4. The van der Waals surface area contributed by atoms with Crippen LogP contribution in [0.25, 0.3) is 0 Å². The molecule has 1 atom stereocenters. The van der Waals surface area contributed by atoms with Gasteiger partial charge in [0.1, 0.15) is 23.9 Å². The average Bonchev–Trinajstić information content (AvgIpc) is 3.17. The molecule has 3 fully saturated rings. The molecule has 0 aliphatic carbocycles. The fourth-order valence-electron chi connectivity index (χ4n) is 7.31. The lowest BCUT2D eigenvalue weighted by Gasteiger charge is -2.36. The number of imide groups is 1. The van der Waals surface area contributed by atoms with E-state index in [0.717, 1.165) is 100 Å². The van der Waals surface area contributed by atoms with E-state index in [1.165, 1.54) is 5.56 Å². The van der Waals surface area contributed by atoms with E-state index in [-0.39, 0.29) is 11.8 Å². The summed E-state index contributed by atoms with van der Waals surface area (Å²) in [5, 5.41) is 14.9. The first-order valence-corrected chi connectivity index (χ1v) is 18.1. The van der Waals surface area contributed by atoms with E-state index in [0.29, 0.717) is 48.8 Å². The molecule has 3 aliphatic heterocycles. The average molecular weight is 693 g/mol. The van der Waals surface area contributed by atoms with Crippen LogP contribution in [0.3, 0.4) is 0 Å². The van der Waals surface area contributed by atoms with Gasteiger partial charge in [-0.15, -0.1) is 0 Å². The number of hydrogen-bond acceptors (Lipinski definition) is 10. The number of carbonyl (C=O) groups excluding carboxylic acids is 3. The van der Waals surface area contributed by atoms with Crippen LogP contribution in [0.5, 0.6) is 11.5 Å². The summed E-state index contributed by atoms with van der Waals surface area (Å²) >= 11 is 0. The molecule has 3 aromatic rings. The van der Waals surface area contributed by atoms with Gasteiger partial charge in [-0.1, -0.05) is 12.1 Å². The SMILES string of the molecule is COc1cc(N2CCC(c3ccc(OCCCCN4CCN(c5ccc(C=O)c(CNC6CCC(=O)NC6=O)c5)CC4)cc3)CC2)ccc1C#N. The van der Waals surface area contributed by atoms with Crippen molar-refractivity contribution < 1.29 is 23.9 Å². The predicted molar refractivity (Wildman–Crippen MR) is 197 cm³/mol. The number of nitrogens with one attached hydrogen (secondary N) is 2. The van der Waals surface area contributed by atoms with Gasteiger partial charge < -0.3 is 24.6 Å². The van der Waals surface area contributed by atoms with Gasteiger partial charge in [-0.25, -0.2) is 0 Å². The molecule has 6 rings (SSSR count). The van der Waals surface area contributed by atoms with Crippen molar-refractivity contribution in [1.82, 2.24) is 15.5 Å². The van der Waals surface area contributed by atoms with Gasteiger partial charge in [-0.2, -0.15) is 5.26 Å². The van der Waals surface area contributed by atoms with Crippen LogP contribution < -0.4 is 29.9 Å². The summed E-state index contributed by atoms with van der Waals surface area (Å²) in [6.07, 6.45) is 5.86. The molecule has 2 amide bonds. The van der Waals surface area contributed by atoms with Crippen LogP contribution in [-0.4, -0.2) is 88.6 Å². The normalized spacial score (nSPS) is 18.6. The minimum absolute atomic E-state index is 0.240. The van der Waals surface area contributed by atoms with Crippen LogP contribution >= 0.6 is 0 Å². The molecule has 3 aromatic carbocycles. The van der Waals surface area contributed by atoms with Gasteiger partial charge in [0, 0.05) is 75.2 Å². The smallest absolute Gasteiger partial charge is 0.243 e. The largest absolute Gasteiger partial charge is 0.495 e. The first kappa shape index (κ1) is 35.9. The number of amides is 2. The summed E-state index contributed by atoms with van der Waals surface area (Å²) in [5.41, 5.74) is 5.56. The molecular formula is C40H48N6O5. The molecule has 0 spiro atoms. The lowest BCUT2D eigenvalue weighted by Crippen LogP contribution is -2.50. The standard InChI is InChI=1S/C40H48N6O5/c1-50-38-25-35(8-4-31(38)26-41)45-17-14-30(15-18-45)29-6-10-36(11-7-29)51-23-3-2-16-44-19-21-46(22-20-44)34-9-5-32(28-47)33(24-34)27-42-37-12-13-39(48)43-40(37)49/h4-11,24-25,28,30,37,42H,2-3,12-23,27H2,1H3,(H,43,48,49). The Morgan fingerprint density at radius 3 is 2.33 bits per heavy atom. The molecule has 3 heterocycles. The number of benzene rings is 3. The number of hydrogen-bond donors (Lipinski definition) is 2. The maximum absolute atomic E-state index is 12.1. The van der Waals surface area contributed by atoms with Crippen LogP contribution in [0, 0.1) is 11.3 Å². The quantitative estimate of drug-likeness (QED) is 0.140. The number of unbranched alkanes of at least 4 members (excludes halogenated alkanes) is 1. The van der Waals surface area contributed by atoms with E-state index in [9.17, 15) is 19.6 Å². The Hall–Kier alpha value is -4.92. The van der Waals surface area contributed by atoms with Crippen LogP contribution in [0.1, 0.15) is 71.5 Å². The number of piperazine rings is 1. The highest BCUT2D eigenvalue weighted by molar-refractivity contribution is 6.00. The summed E-state index contributed by atoms with van der Waals surface area (Å²) in [5.74, 6) is 1.52. The Labute approximate surface area is 300 Å². The molecule has 0 bridgehead atoms. The topological polar surface area (TPSA) is 127 Å². The molecule has 3 aliphatic rings. The minimum atomic E-state index is -0.436. The zero-order chi connectivity index (χ0) is 35.6.